The standard InChI is InChI=1S/C15H12ClF3N2O4S/c1-25-10-4-2-9(3-5-10)14(22)20-21-26(23,24)11-6-7-13(16)12(8-11)15(17,18)19/h2-8,21H,1H3,(H,20,22). The van der Waals surface area contributed by atoms with E-state index in [2.05, 4.69) is 0 Å². The second-order valence-corrected chi connectivity index (χ2v) is 7.02. The summed E-state index contributed by atoms with van der Waals surface area (Å²) < 4.78 is 67.6. The molecule has 0 aromatic heterocycles. The fourth-order valence-electron chi connectivity index (χ4n) is 1.88. The molecule has 0 saturated heterocycles. The summed E-state index contributed by atoms with van der Waals surface area (Å²) in [7, 11) is -3.01. The summed E-state index contributed by atoms with van der Waals surface area (Å²) in [4.78, 5) is 12.9. The number of hydrazine groups is 1. The number of rotatable bonds is 5. The fourth-order valence-corrected chi connectivity index (χ4v) is 2.97. The molecule has 0 heterocycles. The van der Waals surface area contributed by atoms with Crippen LogP contribution < -0.4 is 15.0 Å². The molecule has 0 bridgehead atoms. The lowest BCUT2D eigenvalue weighted by molar-refractivity contribution is -0.137. The summed E-state index contributed by atoms with van der Waals surface area (Å²) in [6.07, 6.45) is -4.82. The summed E-state index contributed by atoms with van der Waals surface area (Å²) in [6, 6.07) is 7.81. The first-order valence-corrected chi connectivity index (χ1v) is 8.73. The summed E-state index contributed by atoms with van der Waals surface area (Å²) in [5.41, 5.74) is 0.725. The van der Waals surface area contributed by atoms with Crippen molar-refractivity contribution in [2.24, 2.45) is 0 Å². The van der Waals surface area contributed by atoms with Crippen molar-refractivity contribution in [1.82, 2.24) is 10.3 Å². The Balaban J connectivity index is 2.17. The zero-order valence-electron chi connectivity index (χ0n) is 13.1. The highest BCUT2D eigenvalue weighted by atomic mass is 35.5. The number of hydrogen-bond acceptors (Lipinski definition) is 4. The predicted molar refractivity (Wildman–Crippen MR) is 87.2 cm³/mol. The number of hydrogen-bond donors (Lipinski definition) is 2. The first-order chi connectivity index (χ1) is 12.0. The third-order valence-electron chi connectivity index (χ3n) is 3.20. The molecular formula is C15H12ClF3N2O4S. The molecule has 1 amide bonds. The summed E-state index contributed by atoms with van der Waals surface area (Å²) >= 11 is 5.45. The Hall–Kier alpha value is -2.30. The molecule has 0 saturated carbocycles. The van der Waals surface area contributed by atoms with Crippen LogP contribution in [0.4, 0.5) is 13.2 Å². The lowest BCUT2D eigenvalue weighted by atomic mass is 10.2. The van der Waals surface area contributed by atoms with Crippen LogP contribution in [-0.4, -0.2) is 21.4 Å². The zero-order chi connectivity index (χ0) is 19.5. The summed E-state index contributed by atoms with van der Waals surface area (Å²) in [6.45, 7) is 0. The second-order valence-electron chi connectivity index (χ2n) is 4.93. The molecule has 6 nitrogen and oxygen atoms in total. The van der Waals surface area contributed by atoms with Gasteiger partial charge in [0.1, 0.15) is 5.75 Å². The molecule has 2 aromatic rings. The fraction of sp³-hybridized carbons (Fsp3) is 0.133. The number of halogens is 4. The Bertz CT molecular complexity index is 915. The van der Waals surface area contributed by atoms with Gasteiger partial charge in [-0.15, -0.1) is 4.83 Å². The van der Waals surface area contributed by atoms with Gasteiger partial charge >= 0.3 is 6.18 Å². The van der Waals surface area contributed by atoms with Crippen molar-refractivity contribution < 1.29 is 31.1 Å². The molecule has 11 heteroatoms. The van der Waals surface area contributed by atoms with Crippen LogP contribution in [0.25, 0.3) is 0 Å². The average Bonchev–Trinajstić information content (AvgIpc) is 2.59. The minimum Gasteiger partial charge on any atom is -0.497 e. The monoisotopic (exact) mass is 408 g/mol. The van der Waals surface area contributed by atoms with E-state index in [0.717, 1.165) is 12.1 Å². The van der Waals surface area contributed by atoms with Crippen molar-refractivity contribution in [2.45, 2.75) is 11.1 Å². The van der Waals surface area contributed by atoms with E-state index >= 15 is 0 Å². The van der Waals surface area contributed by atoms with Crippen LogP contribution in [0.5, 0.6) is 5.75 Å². The maximum Gasteiger partial charge on any atom is 0.417 e. The third kappa shape index (κ3) is 4.65. The van der Waals surface area contributed by atoms with Crippen LogP contribution in [0.3, 0.4) is 0 Å². The van der Waals surface area contributed by atoms with Crippen molar-refractivity contribution >= 4 is 27.5 Å². The molecule has 0 aliphatic heterocycles. The van der Waals surface area contributed by atoms with Gasteiger partial charge in [-0.1, -0.05) is 11.6 Å². The van der Waals surface area contributed by atoms with Gasteiger partial charge in [-0.25, -0.2) is 8.42 Å². The van der Waals surface area contributed by atoms with Gasteiger partial charge in [0, 0.05) is 5.56 Å². The molecule has 0 aliphatic rings. The number of carbonyl (C=O) groups excluding carboxylic acids is 1. The van der Waals surface area contributed by atoms with E-state index in [4.69, 9.17) is 16.3 Å². The Morgan fingerprint density at radius 2 is 1.73 bits per heavy atom. The Kier molecular flexibility index (Phi) is 5.79. The van der Waals surface area contributed by atoms with Crippen molar-refractivity contribution in [3.63, 3.8) is 0 Å². The highest BCUT2D eigenvalue weighted by Crippen LogP contribution is 2.35. The molecule has 0 atom stereocenters. The number of nitrogens with one attached hydrogen (secondary N) is 2. The minimum absolute atomic E-state index is 0.112. The van der Waals surface area contributed by atoms with Crippen LogP contribution in [0.1, 0.15) is 15.9 Å². The number of carbonyl (C=O) groups is 1. The number of ether oxygens (including phenoxy) is 1. The van der Waals surface area contributed by atoms with Crippen molar-refractivity contribution in [3.8, 4) is 5.75 Å². The van der Waals surface area contributed by atoms with E-state index < -0.39 is 37.6 Å². The molecule has 0 spiro atoms. The second kappa shape index (κ2) is 7.52. The number of alkyl halides is 3. The van der Waals surface area contributed by atoms with Gasteiger partial charge in [-0.3, -0.25) is 10.2 Å². The van der Waals surface area contributed by atoms with Crippen LogP contribution in [-0.2, 0) is 16.2 Å². The highest BCUT2D eigenvalue weighted by Gasteiger charge is 2.34. The number of sulfonamides is 1. The molecule has 0 unspecified atom stereocenters. The SMILES string of the molecule is COc1ccc(C(=O)NNS(=O)(=O)c2ccc(Cl)c(C(F)(F)F)c2)cc1. The molecule has 2 N–H and O–H groups in total. The van der Waals surface area contributed by atoms with Crippen LogP contribution in [0, 0.1) is 0 Å². The van der Waals surface area contributed by atoms with Crippen molar-refractivity contribution in [1.29, 1.82) is 0 Å². The Morgan fingerprint density at radius 1 is 1.12 bits per heavy atom. The zero-order valence-corrected chi connectivity index (χ0v) is 14.7. The summed E-state index contributed by atoms with van der Waals surface area (Å²) in [5.74, 6) is -0.316. The van der Waals surface area contributed by atoms with Crippen LogP contribution >= 0.6 is 11.6 Å². The Labute approximate surface area is 151 Å². The van der Waals surface area contributed by atoms with Gasteiger partial charge in [0.15, 0.2) is 0 Å². The van der Waals surface area contributed by atoms with Crippen molar-refractivity contribution in [2.75, 3.05) is 7.11 Å². The molecule has 140 valence electrons. The molecule has 26 heavy (non-hydrogen) atoms. The van der Waals surface area contributed by atoms with E-state index in [-0.39, 0.29) is 5.56 Å². The smallest absolute Gasteiger partial charge is 0.417 e. The van der Waals surface area contributed by atoms with E-state index in [1.54, 1.807) is 4.83 Å². The lowest BCUT2D eigenvalue weighted by Crippen LogP contribution is -2.41. The van der Waals surface area contributed by atoms with Gasteiger partial charge in [0.05, 0.1) is 22.6 Å². The van der Waals surface area contributed by atoms with Crippen molar-refractivity contribution in [3.05, 3.63) is 58.6 Å². The van der Waals surface area contributed by atoms with E-state index in [1.165, 1.54) is 31.4 Å². The minimum atomic E-state index is -4.82. The van der Waals surface area contributed by atoms with E-state index in [0.29, 0.717) is 11.8 Å². The molecule has 0 radical (unpaired) electrons. The predicted octanol–water partition coefficient (Wildman–Crippen LogP) is 2.99. The quantitative estimate of drug-likeness (QED) is 0.745. The Morgan fingerprint density at radius 3 is 2.27 bits per heavy atom. The largest absolute Gasteiger partial charge is 0.497 e. The van der Waals surface area contributed by atoms with Crippen LogP contribution in [0.15, 0.2) is 47.4 Å². The number of amides is 1. The van der Waals surface area contributed by atoms with E-state index in [9.17, 15) is 26.4 Å². The third-order valence-corrected chi connectivity index (χ3v) is 4.78. The van der Waals surface area contributed by atoms with Crippen LogP contribution in [0.2, 0.25) is 5.02 Å². The lowest BCUT2D eigenvalue weighted by Gasteiger charge is -2.12. The molecule has 2 aromatic carbocycles. The first kappa shape index (κ1) is 20.0. The number of methoxy groups -OCH3 is 1. The maximum absolute atomic E-state index is 12.8. The van der Waals surface area contributed by atoms with Gasteiger partial charge in [0.25, 0.3) is 15.9 Å². The first-order valence-electron chi connectivity index (χ1n) is 6.87. The maximum atomic E-state index is 12.8. The number of benzene rings is 2. The molecule has 2 rings (SSSR count). The summed E-state index contributed by atoms with van der Waals surface area (Å²) in [5, 5.41) is -0.640. The highest BCUT2D eigenvalue weighted by molar-refractivity contribution is 7.89. The van der Waals surface area contributed by atoms with Gasteiger partial charge in [-0.2, -0.15) is 13.2 Å². The van der Waals surface area contributed by atoms with Gasteiger partial charge < -0.3 is 4.74 Å². The molecular weight excluding hydrogens is 397 g/mol. The average molecular weight is 409 g/mol. The molecule has 0 fully saturated rings. The van der Waals surface area contributed by atoms with E-state index in [1.807, 2.05) is 5.43 Å². The molecule has 0 aliphatic carbocycles. The normalized spacial score (nSPS) is 11.9. The van der Waals surface area contributed by atoms with Gasteiger partial charge in [0.2, 0.25) is 0 Å². The topological polar surface area (TPSA) is 84.5 Å². The van der Waals surface area contributed by atoms with Gasteiger partial charge in [-0.05, 0) is 42.5 Å².